The molecule has 1 N–H and O–H groups in total. The van der Waals surface area contributed by atoms with Crippen LogP contribution in [-0.2, 0) is 4.79 Å². The van der Waals surface area contributed by atoms with Crippen molar-refractivity contribution in [2.75, 3.05) is 12.8 Å². The SMILES string of the molecule is CSC1(CNC(=O)C2(C#N)CC2)CCC1. The van der Waals surface area contributed by atoms with Gasteiger partial charge in [0.1, 0.15) is 5.41 Å². The Morgan fingerprint density at radius 2 is 2.13 bits per heavy atom. The number of amides is 1. The Labute approximate surface area is 94.6 Å². The highest BCUT2D eigenvalue weighted by molar-refractivity contribution is 8.00. The molecule has 2 aliphatic rings. The summed E-state index contributed by atoms with van der Waals surface area (Å²) < 4.78 is 0.265. The maximum Gasteiger partial charge on any atom is 0.240 e. The van der Waals surface area contributed by atoms with Gasteiger partial charge >= 0.3 is 0 Å². The fourth-order valence-corrected chi connectivity index (χ4v) is 2.86. The first-order chi connectivity index (χ1) is 7.16. The second kappa shape index (κ2) is 3.71. The highest BCUT2D eigenvalue weighted by Gasteiger charge is 2.51. The summed E-state index contributed by atoms with van der Waals surface area (Å²) in [5.41, 5.74) is -0.663. The van der Waals surface area contributed by atoms with Crippen molar-refractivity contribution in [3.05, 3.63) is 0 Å². The quantitative estimate of drug-likeness (QED) is 0.790. The molecule has 0 atom stereocenters. The van der Waals surface area contributed by atoms with E-state index in [1.807, 2.05) is 11.8 Å². The molecule has 2 fully saturated rings. The van der Waals surface area contributed by atoms with Crippen LogP contribution in [0.15, 0.2) is 0 Å². The topological polar surface area (TPSA) is 52.9 Å². The zero-order valence-corrected chi connectivity index (χ0v) is 9.82. The Hall–Kier alpha value is -0.690. The second-order valence-corrected chi connectivity index (χ2v) is 5.89. The summed E-state index contributed by atoms with van der Waals surface area (Å²) in [7, 11) is 0. The maximum atomic E-state index is 11.7. The molecular weight excluding hydrogens is 208 g/mol. The second-order valence-electron chi connectivity index (χ2n) is 4.62. The fraction of sp³-hybridized carbons (Fsp3) is 0.818. The van der Waals surface area contributed by atoms with E-state index in [1.54, 1.807) is 0 Å². The summed E-state index contributed by atoms with van der Waals surface area (Å²) in [6.07, 6.45) is 7.22. The molecule has 2 saturated carbocycles. The van der Waals surface area contributed by atoms with Crippen LogP contribution in [0.2, 0.25) is 0 Å². The lowest BCUT2D eigenvalue weighted by Crippen LogP contribution is -2.46. The molecule has 2 rings (SSSR count). The summed E-state index contributed by atoms with van der Waals surface area (Å²) >= 11 is 1.84. The molecule has 0 aromatic heterocycles. The first-order valence-corrected chi connectivity index (χ1v) is 6.64. The van der Waals surface area contributed by atoms with Crippen molar-refractivity contribution < 1.29 is 4.79 Å². The molecule has 1 amide bonds. The molecule has 4 heteroatoms. The molecule has 2 aliphatic carbocycles. The third kappa shape index (κ3) is 1.85. The van der Waals surface area contributed by atoms with Gasteiger partial charge < -0.3 is 5.32 Å². The molecule has 0 aliphatic heterocycles. The fourth-order valence-electron chi connectivity index (χ4n) is 1.95. The molecular formula is C11H16N2OS. The van der Waals surface area contributed by atoms with Crippen molar-refractivity contribution in [2.24, 2.45) is 5.41 Å². The predicted molar refractivity (Wildman–Crippen MR) is 60.4 cm³/mol. The minimum atomic E-state index is -0.663. The zero-order valence-electron chi connectivity index (χ0n) is 9.01. The minimum Gasteiger partial charge on any atom is -0.353 e. The van der Waals surface area contributed by atoms with E-state index in [-0.39, 0.29) is 10.7 Å². The van der Waals surface area contributed by atoms with E-state index < -0.39 is 5.41 Å². The normalized spacial score (nSPS) is 24.8. The van der Waals surface area contributed by atoms with Gasteiger partial charge in [-0.3, -0.25) is 4.79 Å². The Bertz CT molecular complexity index is 308. The monoisotopic (exact) mass is 224 g/mol. The van der Waals surface area contributed by atoms with Gasteiger partial charge in [0, 0.05) is 11.3 Å². The number of hydrogen-bond acceptors (Lipinski definition) is 3. The minimum absolute atomic E-state index is 0.0506. The number of nitriles is 1. The standard InChI is InChI=1S/C11H16N2OS/c1-15-11(3-2-4-11)8-13-9(14)10(7-12)5-6-10/h2-6,8H2,1H3,(H,13,14). The molecule has 0 aromatic rings. The van der Waals surface area contributed by atoms with Crippen molar-refractivity contribution in [1.29, 1.82) is 5.26 Å². The third-order valence-corrected chi connectivity index (χ3v) is 5.09. The van der Waals surface area contributed by atoms with Crippen LogP contribution < -0.4 is 5.32 Å². The molecule has 0 aromatic carbocycles. The number of thioether (sulfide) groups is 1. The summed E-state index contributed by atoms with van der Waals surface area (Å²) in [6.45, 7) is 0.733. The molecule has 0 unspecified atom stereocenters. The third-order valence-electron chi connectivity index (χ3n) is 3.67. The number of hydrogen-bond donors (Lipinski definition) is 1. The molecule has 0 heterocycles. The van der Waals surface area contributed by atoms with Crippen LogP contribution in [0, 0.1) is 16.7 Å². The van der Waals surface area contributed by atoms with Crippen LogP contribution in [0.3, 0.4) is 0 Å². The smallest absolute Gasteiger partial charge is 0.240 e. The Morgan fingerprint density at radius 1 is 1.47 bits per heavy atom. The molecule has 0 saturated heterocycles. The van der Waals surface area contributed by atoms with E-state index in [9.17, 15) is 4.79 Å². The van der Waals surface area contributed by atoms with Crippen molar-refractivity contribution in [3.8, 4) is 6.07 Å². The van der Waals surface area contributed by atoms with Crippen LogP contribution in [0.25, 0.3) is 0 Å². The molecule has 82 valence electrons. The van der Waals surface area contributed by atoms with Gasteiger partial charge in [-0.25, -0.2) is 0 Å². The highest BCUT2D eigenvalue weighted by atomic mass is 32.2. The molecule has 15 heavy (non-hydrogen) atoms. The largest absolute Gasteiger partial charge is 0.353 e. The average Bonchev–Trinajstić information content (AvgIpc) is 2.97. The van der Waals surface area contributed by atoms with Gasteiger partial charge in [0.25, 0.3) is 0 Å². The van der Waals surface area contributed by atoms with E-state index in [0.29, 0.717) is 0 Å². The lowest BCUT2D eigenvalue weighted by Gasteiger charge is -2.40. The van der Waals surface area contributed by atoms with Gasteiger partial charge in [-0.05, 0) is 31.9 Å². The Balaban J connectivity index is 1.83. The molecule has 0 spiro atoms. The van der Waals surface area contributed by atoms with Crippen LogP contribution in [-0.4, -0.2) is 23.5 Å². The first kappa shape index (κ1) is 10.8. The van der Waals surface area contributed by atoms with Crippen LogP contribution in [0.1, 0.15) is 32.1 Å². The summed E-state index contributed by atoms with van der Waals surface area (Å²) in [4.78, 5) is 11.7. The maximum absolute atomic E-state index is 11.7. The summed E-state index contributed by atoms with van der Waals surface area (Å²) in [5, 5.41) is 11.8. The predicted octanol–water partition coefficient (Wildman–Crippen LogP) is 1.69. The van der Waals surface area contributed by atoms with Gasteiger partial charge in [0.2, 0.25) is 5.91 Å². The Morgan fingerprint density at radius 3 is 2.47 bits per heavy atom. The average molecular weight is 224 g/mol. The van der Waals surface area contributed by atoms with Crippen molar-refractivity contribution in [1.82, 2.24) is 5.32 Å². The van der Waals surface area contributed by atoms with E-state index in [2.05, 4.69) is 17.6 Å². The molecule has 0 radical (unpaired) electrons. The van der Waals surface area contributed by atoms with Gasteiger partial charge in [0.05, 0.1) is 6.07 Å². The number of carbonyl (C=O) groups excluding carboxylic acids is 1. The van der Waals surface area contributed by atoms with E-state index >= 15 is 0 Å². The van der Waals surface area contributed by atoms with Gasteiger partial charge in [0.15, 0.2) is 0 Å². The van der Waals surface area contributed by atoms with Crippen LogP contribution in [0.4, 0.5) is 0 Å². The van der Waals surface area contributed by atoms with Crippen molar-refractivity contribution >= 4 is 17.7 Å². The van der Waals surface area contributed by atoms with E-state index in [0.717, 1.165) is 19.4 Å². The summed E-state index contributed by atoms with van der Waals surface area (Å²) in [5.74, 6) is -0.0506. The van der Waals surface area contributed by atoms with Crippen LogP contribution >= 0.6 is 11.8 Å². The Kier molecular flexibility index (Phi) is 2.68. The zero-order chi connectivity index (χ0) is 10.9. The number of nitrogens with one attached hydrogen (secondary N) is 1. The van der Waals surface area contributed by atoms with E-state index in [1.165, 1.54) is 19.3 Å². The summed E-state index contributed by atoms with van der Waals surface area (Å²) in [6, 6.07) is 2.12. The van der Waals surface area contributed by atoms with Gasteiger partial charge in [-0.1, -0.05) is 6.42 Å². The number of carbonyl (C=O) groups is 1. The van der Waals surface area contributed by atoms with E-state index in [4.69, 9.17) is 5.26 Å². The highest BCUT2D eigenvalue weighted by Crippen LogP contribution is 2.46. The lowest BCUT2D eigenvalue weighted by molar-refractivity contribution is -0.124. The van der Waals surface area contributed by atoms with Gasteiger partial charge in [-0.15, -0.1) is 0 Å². The van der Waals surface area contributed by atoms with Gasteiger partial charge in [-0.2, -0.15) is 17.0 Å². The van der Waals surface area contributed by atoms with Crippen molar-refractivity contribution in [2.45, 2.75) is 36.9 Å². The molecule has 3 nitrogen and oxygen atoms in total. The lowest BCUT2D eigenvalue weighted by atomic mass is 9.84. The first-order valence-electron chi connectivity index (χ1n) is 5.41. The van der Waals surface area contributed by atoms with Crippen molar-refractivity contribution in [3.63, 3.8) is 0 Å². The van der Waals surface area contributed by atoms with Crippen LogP contribution in [0.5, 0.6) is 0 Å². The number of nitrogens with zero attached hydrogens (tertiary/aromatic N) is 1. The molecule has 0 bridgehead atoms. The number of rotatable bonds is 4.